The Morgan fingerprint density at radius 3 is 3.10 bits per heavy atom. The Morgan fingerprint density at radius 1 is 1.55 bits per heavy atom. The van der Waals surface area contributed by atoms with Crippen LogP contribution in [0.5, 0.6) is 0 Å². The maximum atomic E-state index is 12.0. The summed E-state index contributed by atoms with van der Waals surface area (Å²) in [6.07, 6.45) is 1.96. The monoisotopic (exact) mass is 289 g/mol. The van der Waals surface area contributed by atoms with Crippen molar-refractivity contribution in [2.45, 2.75) is 13.0 Å². The molecule has 0 bridgehead atoms. The summed E-state index contributed by atoms with van der Waals surface area (Å²) in [7, 11) is 1.74. The Kier molecular flexibility index (Phi) is 4.99. The van der Waals surface area contributed by atoms with Crippen molar-refractivity contribution in [3.8, 4) is 11.8 Å². The summed E-state index contributed by atoms with van der Waals surface area (Å²) in [5.74, 6) is 6.05. The Morgan fingerprint density at radius 2 is 2.40 bits per heavy atom. The lowest BCUT2D eigenvalue weighted by Gasteiger charge is -2.14. The molecule has 0 aromatic carbocycles. The fraction of sp³-hybridized carbons (Fsp3) is 0.267. The van der Waals surface area contributed by atoms with Gasteiger partial charge in [0.15, 0.2) is 5.76 Å². The van der Waals surface area contributed by atoms with Crippen molar-refractivity contribution in [1.82, 2.24) is 4.90 Å². The normalized spacial score (nSPS) is 9.90. The minimum absolute atomic E-state index is 0.0750. The lowest BCUT2D eigenvalue weighted by Crippen LogP contribution is -2.25. The average molecular weight is 289 g/mol. The minimum atomic E-state index is -0.144. The van der Waals surface area contributed by atoms with E-state index in [4.69, 9.17) is 9.52 Å². The largest absolute Gasteiger partial charge is 0.459 e. The second-order valence-electron chi connectivity index (χ2n) is 4.23. The number of hydrogen-bond acceptors (Lipinski definition) is 4. The van der Waals surface area contributed by atoms with Gasteiger partial charge in [-0.25, -0.2) is 0 Å². The van der Waals surface area contributed by atoms with Crippen LogP contribution >= 0.6 is 11.3 Å². The summed E-state index contributed by atoms with van der Waals surface area (Å²) in [6.45, 7) is 0.587. The van der Waals surface area contributed by atoms with Crippen molar-refractivity contribution in [3.63, 3.8) is 0 Å². The molecule has 0 unspecified atom stereocenters. The number of amides is 1. The van der Waals surface area contributed by atoms with Crippen LogP contribution in [-0.2, 0) is 6.54 Å². The van der Waals surface area contributed by atoms with Gasteiger partial charge in [-0.3, -0.25) is 4.79 Å². The first-order valence-corrected chi connectivity index (χ1v) is 7.05. The molecule has 0 saturated carbocycles. The van der Waals surface area contributed by atoms with Gasteiger partial charge in [0, 0.05) is 20.0 Å². The predicted molar refractivity (Wildman–Crippen MR) is 77.4 cm³/mol. The summed E-state index contributed by atoms with van der Waals surface area (Å²) in [5, 5.41) is 10.6. The highest BCUT2D eigenvalue weighted by molar-refractivity contribution is 7.10. The third kappa shape index (κ3) is 3.73. The van der Waals surface area contributed by atoms with Crippen molar-refractivity contribution < 1.29 is 14.3 Å². The van der Waals surface area contributed by atoms with Crippen molar-refractivity contribution in [1.29, 1.82) is 0 Å². The Bertz CT molecular complexity index is 619. The number of furan rings is 1. The fourth-order valence-corrected chi connectivity index (χ4v) is 2.44. The molecule has 0 aliphatic carbocycles. The van der Waals surface area contributed by atoms with E-state index in [1.54, 1.807) is 24.1 Å². The Balaban J connectivity index is 1.97. The van der Waals surface area contributed by atoms with Gasteiger partial charge in [-0.05, 0) is 29.1 Å². The molecule has 2 heterocycles. The van der Waals surface area contributed by atoms with Crippen molar-refractivity contribution in [2.24, 2.45) is 0 Å². The molecule has 1 amide bonds. The third-order valence-electron chi connectivity index (χ3n) is 2.60. The molecule has 2 aromatic rings. The summed E-state index contributed by atoms with van der Waals surface area (Å²) in [5.41, 5.74) is 1.03. The lowest BCUT2D eigenvalue weighted by atomic mass is 10.2. The van der Waals surface area contributed by atoms with Crippen LogP contribution < -0.4 is 0 Å². The molecule has 104 valence electrons. The highest BCUT2D eigenvalue weighted by atomic mass is 32.1. The van der Waals surface area contributed by atoms with E-state index in [9.17, 15) is 4.79 Å². The minimum Gasteiger partial charge on any atom is -0.459 e. The molecule has 4 nitrogen and oxygen atoms in total. The third-order valence-corrected chi connectivity index (χ3v) is 3.49. The zero-order valence-corrected chi connectivity index (χ0v) is 11.9. The first-order chi connectivity index (χ1) is 9.70. The zero-order valence-electron chi connectivity index (χ0n) is 11.1. The van der Waals surface area contributed by atoms with E-state index in [0.29, 0.717) is 18.7 Å². The highest BCUT2D eigenvalue weighted by Crippen LogP contribution is 2.16. The van der Waals surface area contributed by atoms with Gasteiger partial charge in [-0.1, -0.05) is 11.8 Å². The van der Waals surface area contributed by atoms with E-state index < -0.39 is 0 Å². The van der Waals surface area contributed by atoms with Crippen molar-refractivity contribution in [3.05, 3.63) is 46.0 Å². The SMILES string of the molecule is CN(Cc1csc(C#CCCO)c1)C(=O)c1ccco1. The molecule has 0 spiro atoms. The predicted octanol–water partition coefficient (Wildman–Crippen LogP) is 2.35. The molecule has 0 saturated heterocycles. The number of aliphatic hydroxyl groups excluding tert-OH is 1. The molecule has 0 aliphatic heterocycles. The standard InChI is InChI=1S/C15H15NO3S/c1-16(15(18)14-6-4-8-19-14)10-12-9-13(20-11-12)5-2-3-7-17/h4,6,8-9,11,17H,3,7,10H2,1H3. The summed E-state index contributed by atoms with van der Waals surface area (Å²) >= 11 is 1.53. The second kappa shape index (κ2) is 6.94. The maximum Gasteiger partial charge on any atom is 0.289 e. The molecule has 0 aliphatic rings. The van der Waals surface area contributed by atoms with Gasteiger partial charge < -0.3 is 14.4 Å². The van der Waals surface area contributed by atoms with Gasteiger partial charge in [0.2, 0.25) is 0 Å². The summed E-state index contributed by atoms with van der Waals surface area (Å²) in [4.78, 5) is 14.5. The first kappa shape index (κ1) is 14.4. The van der Waals surface area contributed by atoms with E-state index in [2.05, 4.69) is 11.8 Å². The molecule has 0 atom stereocenters. The van der Waals surface area contributed by atoms with Crippen LogP contribution in [0.4, 0.5) is 0 Å². The quantitative estimate of drug-likeness (QED) is 0.879. The molecular weight excluding hydrogens is 274 g/mol. The summed E-state index contributed by atoms with van der Waals surface area (Å²) < 4.78 is 5.09. The van der Waals surface area contributed by atoms with E-state index >= 15 is 0 Å². The number of thiophene rings is 1. The molecule has 20 heavy (non-hydrogen) atoms. The van der Waals surface area contributed by atoms with E-state index in [1.165, 1.54) is 17.6 Å². The Labute approximate surface area is 121 Å². The molecular formula is C15H15NO3S. The van der Waals surface area contributed by atoms with Gasteiger partial charge in [0.25, 0.3) is 5.91 Å². The lowest BCUT2D eigenvalue weighted by molar-refractivity contribution is 0.0753. The number of nitrogens with zero attached hydrogens (tertiary/aromatic N) is 1. The highest BCUT2D eigenvalue weighted by Gasteiger charge is 2.14. The van der Waals surface area contributed by atoms with Crippen LogP contribution in [0.3, 0.4) is 0 Å². The van der Waals surface area contributed by atoms with E-state index in [0.717, 1.165) is 10.4 Å². The number of aliphatic hydroxyl groups is 1. The van der Waals surface area contributed by atoms with Crippen LogP contribution in [0.15, 0.2) is 34.3 Å². The number of hydrogen-bond donors (Lipinski definition) is 1. The van der Waals surface area contributed by atoms with Crippen molar-refractivity contribution >= 4 is 17.2 Å². The fourth-order valence-electron chi connectivity index (χ4n) is 1.66. The maximum absolute atomic E-state index is 12.0. The van der Waals surface area contributed by atoms with E-state index in [-0.39, 0.29) is 12.5 Å². The average Bonchev–Trinajstić information content (AvgIpc) is 3.09. The van der Waals surface area contributed by atoms with Gasteiger partial charge in [0.1, 0.15) is 0 Å². The summed E-state index contributed by atoms with van der Waals surface area (Å²) in [6, 6.07) is 5.31. The first-order valence-electron chi connectivity index (χ1n) is 6.17. The Hall–Kier alpha value is -2.03. The molecule has 2 rings (SSSR count). The number of carbonyl (C=O) groups is 1. The number of carbonyl (C=O) groups excluding carboxylic acids is 1. The topological polar surface area (TPSA) is 53.7 Å². The number of rotatable bonds is 4. The molecule has 0 fully saturated rings. The van der Waals surface area contributed by atoms with Gasteiger partial charge >= 0.3 is 0 Å². The van der Waals surface area contributed by atoms with Crippen LogP contribution in [-0.4, -0.2) is 29.6 Å². The second-order valence-corrected chi connectivity index (χ2v) is 5.14. The zero-order chi connectivity index (χ0) is 14.4. The molecule has 5 heteroatoms. The molecule has 0 radical (unpaired) electrons. The van der Waals surface area contributed by atoms with E-state index in [1.807, 2.05) is 11.4 Å². The van der Waals surface area contributed by atoms with Crippen LogP contribution in [0.25, 0.3) is 0 Å². The van der Waals surface area contributed by atoms with Crippen LogP contribution in [0, 0.1) is 11.8 Å². The van der Waals surface area contributed by atoms with Gasteiger partial charge in [0.05, 0.1) is 17.7 Å². The molecule has 2 aromatic heterocycles. The van der Waals surface area contributed by atoms with Crippen LogP contribution in [0.2, 0.25) is 0 Å². The van der Waals surface area contributed by atoms with Crippen molar-refractivity contribution in [2.75, 3.05) is 13.7 Å². The van der Waals surface area contributed by atoms with Gasteiger partial charge in [-0.15, -0.1) is 11.3 Å². The smallest absolute Gasteiger partial charge is 0.289 e. The van der Waals surface area contributed by atoms with Crippen LogP contribution in [0.1, 0.15) is 27.4 Å². The van der Waals surface area contributed by atoms with Gasteiger partial charge in [-0.2, -0.15) is 0 Å². The molecule has 1 N–H and O–H groups in total.